The van der Waals surface area contributed by atoms with Crippen molar-refractivity contribution in [2.75, 3.05) is 18.4 Å². The summed E-state index contributed by atoms with van der Waals surface area (Å²) in [5.74, 6) is -0.181. The largest absolute Gasteiger partial charge is 0.351 e. The van der Waals surface area contributed by atoms with Crippen LogP contribution in [0.15, 0.2) is 36.4 Å². The number of hydrogen-bond donors (Lipinski definition) is 4. The molecular weight excluding hydrogens is 360 g/mol. The molecule has 6 nitrogen and oxygen atoms in total. The van der Waals surface area contributed by atoms with Crippen molar-refractivity contribution in [2.24, 2.45) is 5.73 Å². The van der Waals surface area contributed by atoms with Gasteiger partial charge in [-0.15, -0.1) is 23.7 Å². The Morgan fingerprint density at radius 1 is 1.24 bits per heavy atom. The minimum absolute atomic E-state index is 0. The highest BCUT2D eigenvalue weighted by atomic mass is 35.5. The number of rotatable bonds is 4. The third kappa shape index (κ3) is 4.94. The average Bonchev–Trinajstić information content (AvgIpc) is 3.00. The maximum atomic E-state index is 12.6. The van der Waals surface area contributed by atoms with Crippen LogP contribution in [0.3, 0.4) is 0 Å². The molecule has 0 spiro atoms. The topological polar surface area (TPSA) is 96.2 Å². The van der Waals surface area contributed by atoms with Gasteiger partial charge >= 0.3 is 6.03 Å². The quantitative estimate of drug-likeness (QED) is 0.656. The Bertz CT molecular complexity index is 730. The summed E-state index contributed by atoms with van der Waals surface area (Å²) in [5, 5.41) is 8.85. The minimum atomic E-state index is -0.680. The van der Waals surface area contributed by atoms with Crippen LogP contribution in [0.25, 0.3) is 10.4 Å². The fraction of sp³-hybridized carbons (Fsp3) is 0.294. The van der Waals surface area contributed by atoms with E-state index in [2.05, 4.69) is 16.0 Å². The summed E-state index contributed by atoms with van der Waals surface area (Å²) in [4.78, 5) is 25.3. The highest BCUT2D eigenvalue weighted by Crippen LogP contribution is 2.34. The smallest absolute Gasteiger partial charge is 0.316 e. The number of nitrogens with two attached hydrogens (primary N) is 1. The van der Waals surface area contributed by atoms with Crippen molar-refractivity contribution in [3.05, 3.63) is 41.3 Å². The number of carbonyl (C=O) groups excluding carboxylic acids is 2. The molecule has 1 aromatic heterocycles. The van der Waals surface area contributed by atoms with E-state index in [1.165, 1.54) is 11.3 Å². The van der Waals surface area contributed by atoms with E-state index in [0.717, 1.165) is 36.4 Å². The summed E-state index contributed by atoms with van der Waals surface area (Å²) < 4.78 is 0. The lowest BCUT2D eigenvalue weighted by molar-refractivity contribution is 0.0935. The van der Waals surface area contributed by atoms with Crippen molar-refractivity contribution in [3.63, 3.8) is 0 Å². The number of thiophene rings is 1. The summed E-state index contributed by atoms with van der Waals surface area (Å²) in [7, 11) is 0. The summed E-state index contributed by atoms with van der Waals surface area (Å²) in [5.41, 5.74) is 6.68. The van der Waals surface area contributed by atoms with E-state index in [-0.39, 0.29) is 24.4 Å². The van der Waals surface area contributed by atoms with Crippen LogP contribution in [0.5, 0.6) is 0 Å². The number of piperidine rings is 1. The Balaban J connectivity index is 0.00000225. The second-order valence-corrected chi connectivity index (χ2v) is 6.78. The number of hydrogen-bond acceptors (Lipinski definition) is 4. The highest BCUT2D eigenvalue weighted by Gasteiger charge is 2.22. The SMILES string of the molecule is Cl.NC(=O)Nc1cc(-c2ccccc2)sc1C(=O)N[C@H]1CCCNC1. The van der Waals surface area contributed by atoms with Gasteiger partial charge in [-0.3, -0.25) is 4.79 Å². The summed E-state index contributed by atoms with van der Waals surface area (Å²) in [6.45, 7) is 1.75. The first-order valence-corrected chi connectivity index (χ1v) is 8.72. The molecule has 0 aliphatic carbocycles. The van der Waals surface area contributed by atoms with Crippen molar-refractivity contribution in [2.45, 2.75) is 18.9 Å². The van der Waals surface area contributed by atoms with Crippen molar-refractivity contribution < 1.29 is 9.59 Å². The molecule has 0 unspecified atom stereocenters. The Hall–Kier alpha value is -2.09. The maximum absolute atomic E-state index is 12.6. The van der Waals surface area contributed by atoms with E-state index in [4.69, 9.17) is 5.73 Å². The predicted octanol–water partition coefficient (Wildman–Crippen LogP) is 2.81. The molecule has 0 radical (unpaired) electrons. The van der Waals surface area contributed by atoms with Crippen molar-refractivity contribution in [3.8, 4) is 10.4 Å². The Morgan fingerprint density at radius 3 is 2.64 bits per heavy atom. The van der Waals surface area contributed by atoms with Crippen LogP contribution < -0.4 is 21.7 Å². The molecule has 0 bridgehead atoms. The van der Waals surface area contributed by atoms with Crippen molar-refractivity contribution in [1.29, 1.82) is 0 Å². The van der Waals surface area contributed by atoms with Crippen molar-refractivity contribution in [1.82, 2.24) is 10.6 Å². The Kier molecular flexibility index (Phi) is 6.81. The van der Waals surface area contributed by atoms with E-state index in [1.807, 2.05) is 30.3 Å². The van der Waals surface area contributed by atoms with Gasteiger partial charge in [0.15, 0.2) is 0 Å². The predicted molar refractivity (Wildman–Crippen MR) is 104 cm³/mol. The first kappa shape index (κ1) is 19.2. The Morgan fingerprint density at radius 2 is 2.00 bits per heavy atom. The first-order valence-electron chi connectivity index (χ1n) is 7.91. The van der Waals surface area contributed by atoms with E-state index < -0.39 is 6.03 Å². The average molecular weight is 381 g/mol. The number of carbonyl (C=O) groups is 2. The number of primary amides is 1. The molecule has 1 fully saturated rings. The lowest BCUT2D eigenvalue weighted by Gasteiger charge is -2.23. The molecule has 134 valence electrons. The first-order chi connectivity index (χ1) is 11.6. The van der Waals surface area contributed by atoms with E-state index in [9.17, 15) is 9.59 Å². The summed E-state index contributed by atoms with van der Waals surface area (Å²) in [6, 6.07) is 10.9. The van der Waals surface area contributed by atoms with Gasteiger partial charge < -0.3 is 21.7 Å². The van der Waals surface area contributed by atoms with E-state index in [0.29, 0.717) is 10.6 Å². The van der Waals surface area contributed by atoms with Gasteiger partial charge in [-0.1, -0.05) is 30.3 Å². The molecule has 1 aliphatic rings. The van der Waals surface area contributed by atoms with Gasteiger partial charge in [0.25, 0.3) is 5.91 Å². The van der Waals surface area contributed by atoms with Crippen LogP contribution in [-0.4, -0.2) is 31.1 Å². The van der Waals surface area contributed by atoms with Gasteiger partial charge in [0.1, 0.15) is 4.88 Å². The standard InChI is InChI=1S/C17H20N4O2S.ClH/c18-17(23)21-13-9-14(11-5-2-1-3-6-11)24-15(13)16(22)20-12-7-4-8-19-10-12;/h1-3,5-6,9,12,19H,4,7-8,10H2,(H,20,22)(H3,18,21,23);1H/t12-;/m0./s1. The molecule has 3 amide bonds. The summed E-state index contributed by atoms with van der Waals surface area (Å²) in [6.07, 6.45) is 1.99. The minimum Gasteiger partial charge on any atom is -0.351 e. The third-order valence-electron chi connectivity index (χ3n) is 3.89. The number of anilines is 1. The van der Waals surface area contributed by atoms with Crippen LogP contribution in [0, 0.1) is 0 Å². The van der Waals surface area contributed by atoms with Gasteiger partial charge in [-0.2, -0.15) is 0 Å². The van der Waals surface area contributed by atoms with Gasteiger partial charge in [0.2, 0.25) is 0 Å². The number of urea groups is 1. The molecular formula is C17H21ClN4O2S. The van der Waals surface area contributed by atoms with E-state index in [1.54, 1.807) is 6.07 Å². The van der Waals surface area contributed by atoms with E-state index >= 15 is 0 Å². The molecule has 0 saturated carbocycles. The number of halogens is 1. The highest BCUT2D eigenvalue weighted by molar-refractivity contribution is 7.18. The number of amides is 3. The molecule has 1 saturated heterocycles. The number of benzene rings is 1. The van der Waals surface area contributed by atoms with Crippen LogP contribution in [0.4, 0.5) is 10.5 Å². The molecule has 1 atom stereocenters. The maximum Gasteiger partial charge on any atom is 0.316 e. The molecule has 2 aromatic rings. The zero-order valence-electron chi connectivity index (χ0n) is 13.6. The van der Waals surface area contributed by atoms with Gasteiger partial charge in [-0.25, -0.2) is 4.79 Å². The second-order valence-electron chi connectivity index (χ2n) is 5.73. The lowest BCUT2D eigenvalue weighted by atomic mass is 10.1. The van der Waals surface area contributed by atoms with Gasteiger partial charge in [-0.05, 0) is 31.0 Å². The molecule has 5 N–H and O–H groups in total. The molecule has 3 rings (SSSR count). The molecule has 1 aromatic carbocycles. The zero-order valence-corrected chi connectivity index (χ0v) is 15.2. The normalized spacial score (nSPS) is 16.6. The van der Waals surface area contributed by atoms with Gasteiger partial charge in [0, 0.05) is 17.5 Å². The van der Waals surface area contributed by atoms with Crippen LogP contribution in [0.1, 0.15) is 22.5 Å². The lowest BCUT2D eigenvalue weighted by Crippen LogP contribution is -2.45. The van der Waals surface area contributed by atoms with Gasteiger partial charge in [0.05, 0.1) is 5.69 Å². The van der Waals surface area contributed by atoms with Crippen LogP contribution >= 0.6 is 23.7 Å². The number of nitrogens with one attached hydrogen (secondary N) is 3. The summed E-state index contributed by atoms with van der Waals surface area (Å²) >= 11 is 1.35. The molecule has 1 aliphatic heterocycles. The van der Waals surface area contributed by atoms with Crippen molar-refractivity contribution >= 4 is 41.4 Å². The van der Waals surface area contributed by atoms with Crippen LogP contribution in [0.2, 0.25) is 0 Å². The fourth-order valence-corrected chi connectivity index (χ4v) is 3.78. The molecule has 8 heteroatoms. The molecule has 25 heavy (non-hydrogen) atoms. The molecule has 2 heterocycles. The Labute approximate surface area is 156 Å². The monoisotopic (exact) mass is 380 g/mol. The second kappa shape index (κ2) is 8.84. The third-order valence-corrected chi connectivity index (χ3v) is 5.07. The zero-order chi connectivity index (χ0) is 16.9. The van der Waals surface area contributed by atoms with Crippen LogP contribution in [-0.2, 0) is 0 Å². The fourth-order valence-electron chi connectivity index (χ4n) is 2.76.